The summed E-state index contributed by atoms with van der Waals surface area (Å²) >= 11 is 0. The van der Waals surface area contributed by atoms with Crippen LogP contribution in [-0.2, 0) is 0 Å². The number of nitrogens with zero attached hydrogens (tertiary/aromatic N) is 1. The molecule has 0 amide bonds. The Labute approximate surface area is 120 Å². The van der Waals surface area contributed by atoms with E-state index in [1.54, 1.807) is 0 Å². The van der Waals surface area contributed by atoms with Crippen LogP contribution in [0.1, 0.15) is 77.6 Å². The van der Waals surface area contributed by atoms with Crippen molar-refractivity contribution in [1.29, 1.82) is 0 Å². The van der Waals surface area contributed by atoms with Crippen LogP contribution in [-0.4, -0.2) is 36.2 Å². The van der Waals surface area contributed by atoms with E-state index in [-0.39, 0.29) is 0 Å². The van der Waals surface area contributed by atoms with Gasteiger partial charge in [0.15, 0.2) is 0 Å². The van der Waals surface area contributed by atoms with E-state index in [1.807, 2.05) is 0 Å². The molecule has 1 rings (SSSR count). The van der Waals surface area contributed by atoms with E-state index >= 15 is 0 Å². The third-order valence-electron chi connectivity index (χ3n) is 4.45. The molecule has 19 heavy (non-hydrogen) atoms. The maximum Gasteiger partial charge on any atom is 0.0443 e. The van der Waals surface area contributed by atoms with E-state index < -0.39 is 0 Å². The third kappa shape index (κ3) is 8.65. The van der Waals surface area contributed by atoms with Crippen molar-refractivity contribution in [3.63, 3.8) is 0 Å². The number of likely N-dealkylation sites (tertiary alicyclic amines) is 1. The molecule has 0 radical (unpaired) electrons. The van der Waals surface area contributed by atoms with Gasteiger partial charge in [0, 0.05) is 19.7 Å². The van der Waals surface area contributed by atoms with Crippen molar-refractivity contribution >= 4 is 0 Å². The fourth-order valence-corrected chi connectivity index (χ4v) is 3.27. The van der Waals surface area contributed by atoms with Gasteiger partial charge in [-0.25, -0.2) is 0 Å². The summed E-state index contributed by atoms with van der Waals surface area (Å²) < 4.78 is 0. The van der Waals surface area contributed by atoms with Crippen LogP contribution in [0.5, 0.6) is 0 Å². The minimum Gasteiger partial charge on any atom is -0.396 e. The van der Waals surface area contributed by atoms with Crippen LogP contribution in [0.15, 0.2) is 0 Å². The highest BCUT2D eigenvalue weighted by molar-refractivity contribution is 4.73. The lowest BCUT2D eigenvalue weighted by atomic mass is 9.92. The first-order valence-corrected chi connectivity index (χ1v) is 8.70. The number of piperidine rings is 1. The first kappa shape index (κ1) is 17.0. The normalized spacial score (nSPS) is 20.8. The highest BCUT2D eigenvalue weighted by atomic mass is 16.3. The molecule has 0 aromatic carbocycles. The van der Waals surface area contributed by atoms with Gasteiger partial charge in [0.2, 0.25) is 0 Å². The van der Waals surface area contributed by atoms with Crippen molar-refractivity contribution in [2.45, 2.75) is 77.6 Å². The van der Waals surface area contributed by atoms with E-state index in [9.17, 15) is 0 Å². The monoisotopic (exact) mass is 269 g/mol. The van der Waals surface area contributed by atoms with Crippen molar-refractivity contribution in [2.24, 2.45) is 5.92 Å². The lowest BCUT2D eigenvalue weighted by Crippen LogP contribution is -2.36. The van der Waals surface area contributed by atoms with Crippen LogP contribution < -0.4 is 0 Å². The fraction of sp³-hybridized carbons (Fsp3) is 1.00. The summed E-state index contributed by atoms with van der Waals surface area (Å²) in [5.74, 6) is 0.933. The molecule has 0 saturated carbocycles. The van der Waals surface area contributed by atoms with Crippen molar-refractivity contribution in [3.05, 3.63) is 0 Å². The van der Waals surface area contributed by atoms with Crippen molar-refractivity contribution in [2.75, 3.05) is 26.2 Å². The van der Waals surface area contributed by atoms with Gasteiger partial charge >= 0.3 is 0 Å². The van der Waals surface area contributed by atoms with Crippen LogP contribution >= 0.6 is 0 Å². The Morgan fingerprint density at radius 2 is 1.74 bits per heavy atom. The quantitative estimate of drug-likeness (QED) is 0.568. The van der Waals surface area contributed by atoms with Crippen LogP contribution in [0, 0.1) is 5.92 Å². The Hall–Kier alpha value is -0.0800. The van der Waals surface area contributed by atoms with Crippen molar-refractivity contribution in [1.82, 2.24) is 4.90 Å². The number of hydrogen-bond acceptors (Lipinski definition) is 2. The highest BCUT2D eigenvalue weighted by Gasteiger charge is 2.18. The molecule has 1 atom stereocenters. The molecule has 114 valence electrons. The number of hydrogen-bond donors (Lipinski definition) is 1. The Kier molecular flexibility index (Phi) is 10.5. The Bertz CT molecular complexity index is 196. The van der Waals surface area contributed by atoms with E-state index in [0.717, 1.165) is 18.9 Å². The standard InChI is InChI=1S/C17H35NO/c1-2-3-4-5-6-7-8-11-17-12-9-13-18(16-17)14-10-15-19/h17,19H,2-16H2,1H3. The lowest BCUT2D eigenvalue weighted by molar-refractivity contribution is 0.152. The van der Waals surface area contributed by atoms with Gasteiger partial charge in [-0.1, -0.05) is 51.9 Å². The molecule has 1 unspecified atom stereocenters. The molecule has 2 nitrogen and oxygen atoms in total. The van der Waals surface area contributed by atoms with Crippen molar-refractivity contribution < 1.29 is 5.11 Å². The number of unbranched alkanes of at least 4 members (excludes halogenated alkanes) is 6. The highest BCUT2D eigenvalue weighted by Crippen LogP contribution is 2.22. The van der Waals surface area contributed by atoms with Crippen LogP contribution in [0.3, 0.4) is 0 Å². The van der Waals surface area contributed by atoms with E-state index in [0.29, 0.717) is 6.61 Å². The second-order valence-corrected chi connectivity index (χ2v) is 6.30. The lowest BCUT2D eigenvalue weighted by Gasteiger charge is -2.32. The SMILES string of the molecule is CCCCCCCCCC1CCCN(CCCO)C1. The van der Waals surface area contributed by atoms with Crippen LogP contribution in [0.4, 0.5) is 0 Å². The topological polar surface area (TPSA) is 23.5 Å². The van der Waals surface area contributed by atoms with Gasteiger partial charge in [-0.05, 0) is 38.1 Å². The molecule has 1 fully saturated rings. The Morgan fingerprint density at radius 3 is 2.47 bits per heavy atom. The summed E-state index contributed by atoms with van der Waals surface area (Å²) in [6.45, 7) is 6.28. The summed E-state index contributed by atoms with van der Waals surface area (Å²) in [7, 11) is 0. The summed E-state index contributed by atoms with van der Waals surface area (Å²) in [5, 5.41) is 8.90. The Balaban J connectivity index is 1.96. The smallest absolute Gasteiger partial charge is 0.0443 e. The third-order valence-corrected chi connectivity index (χ3v) is 4.45. The van der Waals surface area contributed by atoms with Crippen LogP contribution in [0.2, 0.25) is 0 Å². The van der Waals surface area contributed by atoms with Gasteiger partial charge in [-0.3, -0.25) is 0 Å². The first-order valence-electron chi connectivity index (χ1n) is 8.70. The second-order valence-electron chi connectivity index (χ2n) is 6.30. The number of aliphatic hydroxyl groups excluding tert-OH is 1. The van der Waals surface area contributed by atoms with E-state index in [4.69, 9.17) is 5.11 Å². The second kappa shape index (κ2) is 11.7. The largest absolute Gasteiger partial charge is 0.396 e. The van der Waals surface area contributed by atoms with Gasteiger partial charge in [0.1, 0.15) is 0 Å². The molecular weight excluding hydrogens is 234 g/mol. The summed E-state index contributed by atoms with van der Waals surface area (Å²) in [5.41, 5.74) is 0. The molecule has 1 heterocycles. The molecule has 1 saturated heterocycles. The maximum atomic E-state index is 8.90. The zero-order chi connectivity index (χ0) is 13.8. The molecule has 1 aliphatic rings. The van der Waals surface area contributed by atoms with E-state index in [1.165, 1.54) is 77.3 Å². The predicted molar refractivity (Wildman–Crippen MR) is 83.5 cm³/mol. The van der Waals surface area contributed by atoms with Gasteiger partial charge in [-0.15, -0.1) is 0 Å². The first-order chi connectivity index (χ1) is 9.36. The molecule has 0 aromatic rings. The molecule has 0 aliphatic carbocycles. The molecule has 1 N–H and O–H groups in total. The number of aliphatic hydroxyl groups is 1. The van der Waals surface area contributed by atoms with Crippen molar-refractivity contribution in [3.8, 4) is 0 Å². The average Bonchev–Trinajstić information content (AvgIpc) is 2.44. The van der Waals surface area contributed by atoms with Crippen LogP contribution in [0.25, 0.3) is 0 Å². The predicted octanol–water partition coefficient (Wildman–Crippen LogP) is 4.22. The number of rotatable bonds is 11. The molecule has 0 bridgehead atoms. The molecule has 0 spiro atoms. The van der Waals surface area contributed by atoms with E-state index in [2.05, 4.69) is 11.8 Å². The molecule has 1 aliphatic heterocycles. The fourth-order valence-electron chi connectivity index (χ4n) is 3.27. The summed E-state index contributed by atoms with van der Waals surface area (Å²) in [6.07, 6.45) is 15.2. The summed E-state index contributed by atoms with van der Waals surface area (Å²) in [4.78, 5) is 2.56. The summed E-state index contributed by atoms with van der Waals surface area (Å²) in [6, 6.07) is 0. The van der Waals surface area contributed by atoms with Gasteiger partial charge in [0.05, 0.1) is 0 Å². The minimum absolute atomic E-state index is 0.346. The zero-order valence-corrected chi connectivity index (χ0v) is 13.1. The van der Waals surface area contributed by atoms with Gasteiger partial charge in [0.25, 0.3) is 0 Å². The average molecular weight is 269 g/mol. The minimum atomic E-state index is 0.346. The molecule has 0 aromatic heterocycles. The van der Waals surface area contributed by atoms with Gasteiger partial charge < -0.3 is 10.0 Å². The zero-order valence-electron chi connectivity index (χ0n) is 13.1. The molecule has 2 heteroatoms. The van der Waals surface area contributed by atoms with Gasteiger partial charge in [-0.2, -0.15) is 0 Å². The molecular formula is C17H35NO. The Morgan fingerprint density at radius 1 is 1.00 bits per heavy atom. The maximum absolute atomic E-state index is 8.90.